The van der Waals surface area contributed by atoms with E-state index in [-0.39, 0.29) is 6.04 Å². The molecule has 0 radical (unpaired) electrons. The zero-order valence-electron chi connectivity index (χ0n) is 11.7. The fraction of sp³-hybridized carbons (Fsp3) is 0.412. The molecule has 0 saturated heterocycles. The normalized spacial score (nSPS) is 16.9. The Labute approximate surface area is 128 Å². The second-order valence-corrected chi connectivity index (χ2v) is 6.16. The Kier molecular flexibility index (Phi) is 4.27. The van der Waals surface area contributed by atoms with Crippen molar-refractivity contribution in [3.8, 4) is 0 Å². The molecule has 2 aromatic rings. The molecule has 1 N–H and O–H groups in total. The summed E-state index contributed by atoms with van der Waals surface area (Å²) in [7, 11) is 0. The van der Waals surface area contributed by atoms with Gasteiger partial charge in [0.2, 0.25) is 0 Å². The van der Waals surface area contributed by atoms with Gasteiger partial charge in [-0.1, -0.05) is 37.6 Å². The molecule has 1 aromatic carbocycles. The third-order valence-corrected chi connectivity index (χ3v) is 4.86. The van der Waals surface area contributed by atoms with Crippen LogP contribution in [0.5, 0.6) is 0 Å². The van der Waals surface area contributed by atoms with Gasteiger partial charge in [-0.3, -0.25) is 0 Å². The first-order valence-corrected chi connectivity index (χ1v) is 8.15. The van der Waals surface area contributed by atoms with Gasteiger partial charge in [-0.15, -0.1) is 0 Å². The summed E-state index contributed by atoms with van der Waals surface area (Å²) in [4.78, 5) is 0. The molecule has 1 fully saturated rings. The molecule has 1 unspecified atom stereocenters. The van der Waals surface area contributed by atoms with Crippen molar-refractivity contribution in [2.45, 2.75) is 38.1 Å². The smallest absolute Gasteiger partial charge is 0.174 e. The molecule has 1 atom stereocenters. The lowest BCUT2D eigenvalue weighted by Crippen LogP contribution is -2.22. The predicted octanol–water partition coefficient (Wildman–Crippen LogP) is 5.01. The van der Waals surface area contributed by atoms with Crippen molar-refractivity contribution >= 4 is 15.9 Å². The van der Waals surface area contributed by atoms with Crippen LogP contribution in [0.4, 0.5) is 0 Å². The van der Waals surface area contributed by atoms with Crippen LogP contribution >= 0.6 is 15.9 Å². The lowest BCUT2D eigenvalue weighted by atomic mass is 9.79. The van der Waals surface area contributed by atoms with Crippen LogP contribution in [0, 0.1) is 0 Å². The van der Waals surface area contributed by atoms with Crippen LogP contribution in [-0.4, -0.2) is 6.54 Å². The van der Waals surface area contributed by atoms with Crippen molar-refractivity contribution in [3.63, 3.8) is 0 Å². The number of rotatable bonds is 5. The minimum absolute atomic E-state index is 0.184. The highest BCUT2D eigenvalue weighted by atomic mass is 79.9. The Balaban J connectivity index is 1.85. The molecule has 1 aliphatic rings. The number of furan rings is 1. The third-order valence-electron chi connectivity index (χ3n) is 4.21. The van der Waals surface area contributed by atoms with Crippen molar-refractivity contribution < 1.29 is 4.42 Å². The summed E-state index contributed by atoms with van der Waals surface area (Å²) in [6, 6.07) is 11.3. The van der Waals surface area contributed by atoms with Gasteiger partial charge in [-0.25, -0.2) is 0 Å². The van der Waals surface area contributed by atoms with Gasteiger partial charge in [0.1, 0.15) is 0 Å². The first-order valence-electron chi connectivity index (χ1n) is 7.35. The topological polar surface area (TPSA) is 25.2 Å². The maximum Gasteiger partial charge on any atom is 0.174 e. The lowest BCUT2D eigenvalue weighted by Gasteiger charge is -2.26. The minimum Gasteiger partial charge on any atom is -0.457 e. The minimum atomic E-state index is 0.184. The summed E-state index contributed by atoms with van der Waals surface area (Å²) < 4.78 is 6.19. The van der Waals surface area contributed by atoms with E-state index in [1.165, 1.54) is 30.4 Å². The molecule has 3 rings (SSSR count). The Bertz CT molecular complexity index is 557. The van der Waals surface area contributed by atoms with Crippen LogP contribution in [0.3, 0.4) is 0 Å². The van der Waals surface area contributed by atoms with Crippen LogP contribution in [-0.2, 0) is 0 Å². The fourth-order valence-electron chi connectivity index (χ4n) is 2.82. The molecule has 2 nitrogen and oxygen atoms in total. The van der Waals surface area contributed by atoms with E-state index in [1.54, 1.807) is 6.26 Å². The first kappa shape index (κ1) is 13.9. The average molecular weight is 334 g/mol. The van der Waals surface area contributed by atoms with Crippen molar-refractivity contribution in [1.29, 1.82) is 0 Å². The van der Waals surface area contributed by atoms with Gasteiger partial charge in [-0.05, 0) is 58.4 Å². The molecule has 1 aliphatic carbocycles. The summed E-state index contributed by atoms with van der Waals surface area (Å²) in [6.45, 7) is 3.05. The Hall–Kier alpha value is -1.06. The molecule has 106 valence electrons. The molecule has 1 heterocycles. The highest BCUT2D eigenvalue weighted by Crippen LogP contribution is 2.37. The van der Waals surface area contributed by atoms with Crippen LogP contribution in [0.15, 0.2) is 45.7 Å². The number of nitrogens with one attached hydrogen (secondary N) is 1. The molecule has 20 heavy (non-hydrogen) atoms. The number of halogens is 1. The van der Waals surface area contributed by atoms with Crippen LogP contribution in [0.25, 0.3) is 0 Å². The van der Waals surface area contributed by atoms with Crippen molar-refractivity contribution in [2.75, 3.05) is 6.54 Å². The first-order chi connectivity index (χ1) is 9.79. The van der Waals surface area contributed by atoms with Crippen molar-refractivity contribution in [1.82, 2.24) is 5.32 Å². The monoisotopic (exact) mass is 333 g/mol. The Morgan fingerprint density at radius 1 is 1.25 bits per heavy atom. The summed E-state index contributed by atoms with van der Waals surface area (Å²) in [5.41, 5.74) is 3.93. The molecule has 0 amide bonds. The molecular weight excluding hydrogens is 314 g/mol. The van der Waals surface area contributed by atoms with Crippen LogP contribution < -0.4 is 5.32 Å². The Morgan fingerprint density at radius 2 is 2.00 bits per heavy atom. The van der Waals surface area contributed by atoms with E-state index in [1.807, 2.05) is 6.07 Å². The van der Waals surface area contributed by atoms with Gasteiger partial charge in [0, 0.05) is 5.56 Å². The van der Waals surface area contributed by atoms with Gasteiger partial charge in [0.15, 0.2) is 4.67 Å². The van der Waals surface area contributed by atoms with E-state index in [2.05, 4.69) is 52.4 Å². The number of hydrogen-bond donors (Lipinski definition) is 1. The van der Waals surface area contributed by atoms with Gasteiger partial charge in [0.05, 0.1) is 12.3 Å². The summed E-state index contributed by atoms with van der Waals surface area (Å²) in [5, 5.41) is 3.53. The molecule has 0 spiro atoms. The molecule has 0 bridgehead atoms. The van der Waals surface area contributed by atoms with Crippen molar-refractivity contribution in [3.05, 3.63) is 58.0 Å². The second-order valence-electron chi connectivity index (χ2n) is 5.43. The number of benzene rings is 1. The molecular formula is C17H20BrNO. The SMILES string of the molecule is CCNC(c1ccc(C2CCC2)cc1)c1ccoc1Br. The van der Waals surface area contributed by atoms with Crippen molar-refractivity contribution in [2.24, 2.45) is 0 Å². The average Bonchev–Trinajstić information content (AvgIpc) is 2.81. The quantitative estimate of drug-likeness (QED) is 0.832. The van der Waals surface area contributed by atoms with Gasteiger partial charge < -0.3 is 9.73 Å². The second kappa shape index (κ2) is 6.15. The predicted molar refractivity (Wildman–Crippen MR) is 85.0 cm³/mol. The zero-order valence-corrected chi connectivity index (χ0v) is 13.3. The highest BCUT2D eigenvalue weighted by molar-refractivity contribution is 9.10. The lowest BCUT2D eigenvalue weighted by molar-refractivity contribution is 0.419. The van der Waals surface area contributed by atoms with Gasteiger partial charge >= 0.3 is 0 Å². The van der Waals surface area contributed by atoms with E-state index >= 15 is 0 Å². The molecule has 0 aliphatic heterocycles. The molecule has 1 aromatic heterocycles. The zero-order chi connectivity index (χ0) is 13.9. The van der Waals surface area contributed by atoms with Gasteiger partial charge in [0.25, 0.3) is 0 Å². The summed E-state index contributed by atoms with van der Waals surface area (Å²) in [5.74, 6) is 0.794. The van der Waals surface area contributed by atoms with E-state index in [0.29, 0.717) is 0 Å². The fourth-order valence-corrected chi connectivity index (χ4v) is 3.29. The van der Waals surface area contributed by atoms with Crippen LogP contribution in [0.2, 0.25) is 0 Å². The largest absolute Gasteiger partial charge is 0.457 e. The van der Waals surface area contributed by atoms with Gasteiger partial charge in [-0.2, -0.15) is 0 Å². The highest BCUT2D eigenvalue weighted by Gasteiger charge is 2.21. The molecule has 3 heteroatoms. The molecule has 1 saturated carbocycles. The Morgan fingerprint density at radius 3 is 2.50 bits per heavy atom. The third kappa shape index (κ3) is 2.70. The van der Waals surface area contributed by atoms with E-state index < -0.39 is 0 Å². The van der Waals surface area contributed by atoms with Crippen LogP contribution in [0.1, 0.15) is 54.8 Å². The van der Waals surface area contributed by atoms with E-state index in [9.17, 15) is 0 Å². The maximum atomic E-state index is 5.38. The van der Waals surface area contributed by atoms with E-state index in [4.69, 9.17) is 4.42 Å². The maximum absolute atomic E-state index is 5.38. The van der Waals surface area contributed by atoms with E-state index in [0.717, 1.165) is 22.7 Å². The standard InChI is InChI=1S/C17H20BrNO/c1-2-19-16(15-10-11-20-17(15)18)14-8-6-13(7-9-14)12-4-3-5-12/h6-12,16,19H,2-5H2,1H3. The summed E-state index contributed by atoms with van der Waals surface area (Å²) in [6.07, 6.45) is 5.81. The number of hydrogen-bond acceptors (Lipinski definition) is 2. The summed E-state index contributed by atoms with van der Waals surface area (Å²) >= 11 is 3.49.